The highest BCUT2D eigenvalue weighted by atomic mass is 35.5. The molecule has 1 aromatic carbocycles. The number of halogens is 1. The van der Waals surface area contributed by atoms with Gasteiger partial charge < -0.3 is 20.5 Å². The summed E-state index contributed by atoms with van der Waals surface area (Å²) < 4.78 is 10.5. The van der Waals surface area contributed by atoms with Crippen molar-refractivity contribution in [2.45, 2.75) is 26.0 Å². The molecule has 0 saturated heterocycles. The van der Waals surface area contributed by atoms with E-state index in [9.17, 15) is 4.79 Å². The van der Waals surface area contributed by atoms with E-state index in [0.29, 0.717) is 23.9 Å². The molecule has 1 rings (SSSR count). The summed E-state index contributed by atoms with van der Waals surface area (Å²) in [6, 6.07) is 4.95. The zero-order chi connectivity index (χ0) is 15.1. The molecule has 0 aliphatic rings. The summed E-state index contributed by atoms with van der Waals surface area (Å²) in [5, 5.41) is 3.30. The van der Waals surface area contributed by atoms with Crippen molar-refractivity contribution in [3.8, 4) is 5.75 Å². The first-order chi connectivity index (χ1) is 9.45. The van der Waals surface area contributed by atoms with Crippen LogP contribution in [0.25, 0.3) is 0 Å². The number of ether oxygens (including phenoxy) is 2. The fraction of sp³-hybridized carbons (Fsp3) is 0.500. The molecule has 20 heavy (non-hydrogen) atoms. The number of rotatable bonds is 7. The van der Waals surface area contributed by atoms with Crippen LogP contribution in [-0.2, 0) is 9.53 Å². The Bertz CT molecular complexity index is 452. The van der Waals surface area contributed by atoms with Gasteiger partial charge in [-0.3, -0.25) is 4.79 Å². The molecule has 1 aromatic rings. The van der Waals surface area contributed by atoms with Gasteiger partial charge in [0.05, 0.1) is 6.61 Å². The van der Waals surface area contributed by atoms with Crippen molar-refractivity contribution in [1.29, 1.82) is 0 Å². The van der Waals surface area contributed by atoms with Crippen molar-refractivity contribution in [2.75, 3.05) is 20.3 Å². The van der Waals surface area contributed by atoms with Gasteiger partial charge in [-0.25, -0.2) is 0 Å². The van der Waals surface area contributed by atoms with Gasteiger partial charge in [0, 0.05) is 30.3 Å². The Labute approximate surface area is 124 Å². The van der Waals surface area contributed by atoms with Crippen LogP contribution in [0.5, 0.6) is 5.75 Å². The van der Waals surface area contributed by atoms with Crippen molar-refractivity contribution in [3.63, 3.8) is 0 Å². The molecule has 6 heteroatoms. The first-order valence-electron chi connectivity index (χ1n) is 6.44. The quantitative estimate of drug-likeness (QED) is 0.754. The SMILES string of the molecule is COCCNC(=O)C(C)Oc1ccc(Cl)cc1[C@H](C)N. The standard InChI is InChI=1S/C14H21ClN2O3/c1-9(16)12-8-11(15)4-5-13(12)20-10(2)14(18)17-6-7-19-3/h4-5,8-10H,6-7,16H2,1-3H3,(H,17,18)/t9-,10?/m0/s1. The van der Waals surface area contributed by atoms with Gasteiger partial charge in [0.15, 0.2) is 6.10 Å². The van der Waals surface area contributed by atoms with Gasteiger partial charge in [-0.05, 0) is 32.0 Å². The van der Waals surface area contributed by atoms with E-state index in [1.165, 1.54) is 0 Å². The number of methoxy groups -OCH3 is 1. The monoisotopic (exact) mass is 300 g/mol. The summed E-state index contributed by atoms with van der Waals surface area (Å²) in [6.45, 7) is 4.43. The van der Waals surface area contributed by atoms with Crippen LogP contribution in [0, 0.1) is 0 Å². The van der Waals surface area contributed by atoms with Gasteiger partial charge in [-0.2, -0.15) is 0 Å². The van der Waals surface area contributed by atoms with E-state index >= 15 is 0 Å². The van der Waals surface area contributed by atoms with E-state index < -0.39 is 6.10 Å². The van der Waals surface area contributed by atoms with E-state index in [1.54, 1.807) is 32.2 Å². The lowest BCUT2D eigenvalue weighted by Gasteiger charge is -2.19. The molecule has 0 fully saturated rings. The number of carbonyl (C=O) groups is 1. The third-order valence-corrected chi connectivity index (χ3v) is 2.98. The van der Waals surface area contributed by atoms with E-state index in [2.05, 4.69) is 5.32 Å². The third kappa shape index (κ3) is 5.00. The summed E-state index contributed by atoms with van der Waals surface area (Å²) in [5.41, 5.74) is 6.65. The molecular weight excluding hydrogens is 280 g/mol. The topological polar surface area (TPSA) is 73.6 Å². The average molecular weight is 301 g/mol. The molecule has 0 radical (unpaired) electrons. The van der Waals surface area contributed by atoms with Gasteiger partial charge in [0.2, 0.25) is 0 Å². The zero-order valence-corrected chi connectivity index (χ0v) is 12.7. The number of nitrogens with one attached hydrogen (secondary N) is 1. The lowest BCUT2D eigenvalue weighted by Crippen LogP contribution is -2.38. The van der Waals surface area contributed by atoms with Gasteiger partial charge in [0.1, 0.15) is 5.75 Å². The molecule has 0 aromatic heterocycles. The van der Waals surface area contributed by atoms with Crippen LogP contribution >= 0.6 is 11.6 Å². The fourth-order valence-electron chi connectivity index (χ4n) is 1.65. The summed E-state index contributed by atoms with van der Waals surface area (Å²) in [5.74, 6) is 0.367. The maximum absolute atomic E-state index is 11.8. The lowest BCUT2D eigenvalue weighted by atomic mass is 10.1. The highest BCUT2D eigenvalue weighted by molar-refractivity contribution is 6.30. The number of nitrogens with two attached hydrogens (primary N) is 1. The minimum absolute atomic E-state index is 0.201. The molecular formula is C14H21ClN2O3. The van der Waals surface area contributed by atoms with Gasteiger partial charge >= 0.3 is 0 Å². The molecule has 3 N–H and O–H groups in total. The second-order valence-corrected chi connectivity index (χ2v) is 4.95. The molecule has 0 heterocycles. The molecule has 0 aliphatic heterocycles. The van der Waals surface area contributed by atoms with Crippen molar-refractivity contribution in [2.24, 2.45) is 5.73 Å². The van der Waals surface area contributed by atoms with Gasteiger partial charge in [-0.15, -0.1) is 0 Å². The molecule has 1 amide bonds. The Morgan fingerprint density at radius 1 is 1.45 bits per heavy atom. The molecule has 0 spiro atoms. The van der Waals surface area contributed by atoms with Crippen molar-refractivity contribution >= 4 is 17.5 Å². The number of hydrogen-bond acceptors (Lipinski definition) is 4. The molecule has 5 nitrogen and oxygen atoms in total. The van der Waals surface area contributed by atoms with Crippen molar-refractivity contribution in [3.05, 3.63) is 28.8 Å². The Hall–Kier alpha value is -1.30. The van der Waals surface area contributed by atoms with Crippen LogP contribution in [0.4, 0.5) is 0 Å². The van der Waals surface area contributed by atoms with Crippen LogP contribution in [0.15, 0.2) is 18.2 Å². The molecule has 0 bridgehead atoms. The average Bonchev–Trinajstić information content (AvgIpc) is 2.40. The largest absolute Gasteiger partial charge is 0.481 e. The predicted octanol–water partition coefficient (Wildman–Crippen LogP) is 1.89. The Kier molecular flexibility index (Phi) is 6.78. The number of benzene rings is 1. The summed E-state index contributed by atoms with van der Waals surface area (Å²) in [4.78, 5) is 11.8. The Morgan fingerprint density at radius 3 is 2.75 bits per heavy atom. The van der Waals surface area contributed by atoms with E-state index in [1.807, 2.05) is 6.92 Å². The number of hydrogen-bond donors (Lipinski definition) is 2. The van der Waals surface area contributed by atoms with Crippen LogP contribution in [0.1, 0.15) is 25.5 Å². The first-order valence-corrected chi connectivity index (χ1v) is 6.81. The smallest absolute Gasteiger partial charge is 0.260 e. The van der Waals surface area contributed by atoms with Crippen molar-refractivity contribution in [1.82, 2.24) is 5.32 Å². The highest BCUT2D eigenvalue weighted by Gasteiger charge is 2.17. The summed E-state index contributed by atoms with van der Waals surface area (Å²) in [6.07, 6.45) is -0.620. The maximum Gasteiger partial charge on any atom is 0.260 e. The van der Waals surface area contributed by atoms with E-state index in [0.717, 1.165) is 5.56 Å². The summed E-state index contributed by atoms with van der Waals surface area (Å²) >= 11 is 5.94. The number of amides is 1. The molecule has 0 aliphatic carbocycles. The molecule has 1 unspecified atom stereocenters. The first kappa shape index (κ1) is 16.8. The second kappa shape index (κ2) is 8.09. The van der Waals surface area contributed by atoms with Crippen LogP contribution in [-0.4, -0.2) is 32.3 Å². The second-order valence-electron chi connectivity index (χ2n) is 4.51. The minimum Gasteiger partial charge on any atom is -0.481 e. The highest BCUT2D eigenvalue weighted by Crippen LogP contribution is 2.28. The third-order valence-electron chi connectivity index (χ3n) is 2.74. The maximum atomic E-state index is 11.8. The lowest BCUT2D eigenvalue weighted by molar-refractivity contribution is -0.127. The molecule has 112 valence electrons. The molecule has 0 saturated carbocycles. The fourth-order valence-corrected chi connectivity index (χ4v) is 1.83. The van der Waals surface area contributed by atoms with Crippen LogP contribution < -0.4 is 15.8 Å². The normalized spacial score (nSPS) is 13.7. The predicted molar refractivity (Wildman–Crippen MR) is 79.0 cm³/mol. The van der Waals surface area contributed by atoms with Gasteiger partial charge in [0.25, 0.3) is 5.91 Å². The number of carbonyl (C=O) groups excluding carboxylic acids is 1. The Morgan fingerprint density at radius 2 is 2.15 bits per heavy atom. The Balaban J connectivity index is 2.70. The zero-order valence-electron chi connectivity index (χ0n) is 12.0. The van der Waals surface area contributed by atoms with E-state index in [4.69, 9.17) is 26.8 Å². The van der Waals surface area contributed by atoms with Crippen molar-refractivity contribution < 1.29 is 14.3 Å². The van der Waals surface area contributed by atoms with E-state index in [-0.39, 0.29) is 11.9 Å². The van der Waals surface area contributed by atoms with Crippen LogP contribution in [0.3, 0.4) is 0 Å². The van der Waals surface area contributed by atoms with Gasteiger partial charge in [-0.1, -0.05) is 11.6 Å². The summed E-state index contributed by atoms with van der Waals surface area (Å²) in [7, 11) is 1.58. The van der Waals surface area contributed by atoms with Crippen LogP contribution in [0.2, 0.25) is 5.02 Å². The molecule has 2 atom stereocenters. The minimum atomic E-state index is -0.620.